The third-order valence-corrected chi connectivity index (χ3v) is 1.82. The van der Waals surface area contributed by atoms with Crippen molar-refractivity contribution in [1.82, 2.24) is 0 Å². The van der Waals surface area contributed by atoms with Gasteiger partial charge in [-0.05, 0) is 17.9 Å². The largest absolute Gasteiger partial charge is 0.381 e. The first kappa shape index (κ1) is 11.4. The summed E-state index contributed by atoms with van der Waals surface area (Å²) in [6.45, 7) is 6.36. The molecule has 0 bridgehead atoms. The summed E-state index contributed by atoms with van der Waals surface area (Å²) in [7, 11) is 1.70. The maximum absolute atomic E-state index is 10.00. The zero-order valence-corrected chi connectivity index (χ0v) is 8.33. The van der Waals surface area contributed by atoms with Gasteiger partial charge in [-0.3, -0.25) is 4.79 Å². The molecule has 0 N–H and O–H groups in total. The Morgan fingerprint density at radius 3 is 2.33 bits per heavy atom. The molecule has 0 radical (unpaired) electrons. The lowest BCUT2D eigenvalue weighted by atomic mass is 9.87. The second-order valence-electron chi connectivity index (χ2n) is 3.89. The van der Waals surface area contributed by atoms with Crippen LogP contribution in [0.4, 0.5) is 0 Å². The van der Waals surface area contributed by atoms with Crippen molar-refractivity contribution in [2.24, 2.45) is 5.41 Å². The second kappa shape index (κ2) is 5.09. The lowest BCUT2D eigenvalue weighted by molar-refractivity contribution is -0.104. The van der Waals surface area contributed by atoms with Gasteiger partial charge in [-0.1, -0.05) is 26.8 Å². The Morgan fingerprint density at radius 2 is 2.00 bits per heavy atom. The van der Waals surface area contributed by atoms with Gasteiger partial charge in [-0.2, -0.15) is 0 Å². The zero-order valence-electron chi connectivity index (χ0n) is 8.33. The van der Waals surface area contributed by atoms with Gasteiger partial charge in [-0.15, -0.1) is 0 Å². The Bertz CT molecular complexity index is 154. The van der Waals surface area contributed by atoms with E-state index in [1.807, 2.05) is 6.08 Å². The van der Waals surface area contributed by atoms with Crippen molar-refractivity contribution in [1.29, 1.82) is 0 Å². The van der Waals surface area contributed by atoms with E-state index in [4.69, 9.17) is 4.74 Å². The van der Waals surface area contributed by atoms with Crippen LogP contribution >= 0.6 is 0 Å². The first-order valence-electron chi connectivity index (χ1n) is 4.15. The fourth-order valence-corrected chi connectivity index (χ4v) is 1.06. The van der Waals surface area contributed by atoms with E-state index in [1.54, 1.807) is 7.11 Å². The lowest BCUT2D eigenvalue weighted by Gasteiger charge is -2.28. The summed E-state index contributed by atoms with van der Waals surface area (Å²) >= 11 is 0. The van der Waals surface area contributed by atoms with Gasteiger partial charge in [0.25, 0.3) is 0 Å². The van der Waals surface area contributed by atoms with Crippen LogP contribution in [-0.2, 0) is 9.53 Å². The van der Waals surface area contributed by atoms with Crippen LogP contribution in [0.1, 0.15) is 27.2 Å². The molecule has 0 saturated heterocycles. The third kappa shape index (κ3) is 4.29. The van der Waals surface area contributed by atoms with Crippen LogP contribution in [0.2, 0.25) is 0 Å². The minimum Gasteiger partial charge on any atom is -0.381 e. The molecule has 0 spiro atoms. The number of rotatable bonds is 4. The molecule has 0 aliphatic rings. The highest BCUT2D eigenvalue weighted by Crippen LogP contribution is 2.24. The Labute approximate surface area is 74.6 Å². The lowest BCUT2D eigenvalue weighted by Crippen LogP contribution is -2.27. The van der Waals surface area contributed by atoms with E-state index in [0.29, 0.717) is 0 Å². The first-order valence-corrected chi connectivity index (χ1v) is 4.15. The molecule has 2 nitrogen and oxygen atoms in total. The summed E-state index contributed by atoms with van der Waals surface area (Å²) in [4.78, 5) is 10.00. The monoisotopic (exact) mass is 170 g/mol. The number of carbonyl (C=O) groups is 1. The SMILES string of the molecule is COC(C/C=C/C=O)C(C)(C)C. The smallest absolute Gasteiger partial charge is 0.142 e. The number of ether oxygens (including phenoxy) is 1. The molecule has 0 aromatic carbocycles. The van der Waals surface area contributed by atoms with Crippen molar-refractivity contribution in [2.75, 3.05) is 7.11 Å². The molecule has 0 saturated carbocycles. The summed E-state index contributed by atoms with van der Waals surface area (Å²) in [6.07, 6.45) is 5.10. The highest BCUT2D eigenvalue weighted by molar-refractivity contribution is 5.64. The number of hydrogen-bond donors (Lipinski definition) is 0. The van der Waals surface area contributed by atoms with E-state index in [2.05, 4.69) is 20.8 Å². The number of carbonyl (C=O) groups excluding carboxylic acids is 1. The Balaban J connectivity index is 4.00. The van der Waals surface area contributed by atoms with Crippen LogP contribution in [-0.4, -0.2) is 19.5 Å². The number of aldehydes is 1. The fraction of sp³-hybridized carbons (Fsp3) is 0.700. The predicted molar refractivity (Wildman–Crippen MR) is 50.1 cm³/mol. The molecule has 0 fully saturated rings. The summed E-state index contributed by atoms with van der Waals surface area (Å²) < 4.78 is 5.29. The molecule has 0 rings (SSSR count). The highest BCUT2D eigenvalue weighted by Gasteiger charge is 2.22. The van der Waals surface area contributed by atoms with E-state index in [9.17, 15) is 4.79 Å². The maximum Gasteiger partial charge on any atom is 0.142 e. The molecule has 0 heterocycles. The van der Waals surface area contributed by atoms with Crippen LogP contribution in [0, 0.1) is 5.41 Å². The standard InChI is InChI=1S/C10H18O2/c1-10(2,3)9(12-4)7-5-6-8-11/h5-6,8-9H,7H2,1-4H3/b6-5+. The predicted octanol–water partition coefficient (Wildman–Crippen LogP) is 2.19. The minimum absolute atomic E-state index is 0.127. The van der Waals surface area contributed by atoms with Crippen molar-refractivity contribution in [3.63, 3.8) is 0 Å². The maximum atomic E-state index is 10.00. The molecular weight excluding hydrogens is 152 g/mol. The topological polar surface area (TPSA) is 26.3 Å². The van der Waals surface area contributed by atoms with E-state index in [-0.39, 0.29) is 11.5 Å². The summed E-state index contributed by atoms with van der Waals surface area (Å²) in [5.41, 5.74) is 0.127. The summed E-state index contributed by atoms with van der Waals surface area (Å²) in [5, 5.41) is 0. The zero-order chi connectivity index (χ0) is 9.61. The van der Waals surface area contributed by atoms with Gasteiger partial charge in [-0.25, -0.2) is 0 Å². The average molecular weight is 170 g/mol. The third-order valence-electron chi connectivity index (χ3n) is 1.82. The van der Waals surface area contributed by atoms with Gasteiger partial charge in [0.05, 0.1) is 6.10 Å². The van der Waals surface area contributed by atoms with Gasteiger partial charge >= 0.3 is 0 Å². The van der Waals surface area contributed by atoms with Crippen LogP contribution in [0.25, 0.3) is 0 Å². The summed E-state index contributed by atoms with van der Waals surface area (Å²) in [5.74, 6) is 0. The van der Waals surface area contributed by atoms with Crippen molar-refractivity contribution < 1.29 is 9.53 Å². The van der Waals surface area contributed by atoms with Gasteiger partial charge in [0.15, 0.2) is 0 Å². The fourth-order valence-electron chi connectivity index (χ4n) is 1.06. The molecule has 0 aromatic rings. The van der Waals surface area contributed by atoms with E-state index < -0.39 is 0 Å². The van der Waals surface area contributed by atoms with Gasteiger partial charge < -0.3 is 4.74 Å². The second-order valence-corrected chi connectivity index (χ2v) is 3.89. The van der Waals surface area contributed by atoms with Crippen LogP contribution in [0.15, 0.2) is 12.2 Å². The Hall–Kier alpha value is -0.630. The van der Waals surface area contributed by atoms with Gasteiger partial charge in [0.2, 0.25) is 0 Å². The van der Waals surface area contributed by atoms with Crippen LogP contribution in [0.3, 0.4) is 0 Å². The molecule has 0 amide bonds. The average Bonchev–Trinajstić information content (AvgIpc) is 1.95. The van der Waals surface area contributed by atoms with E-state index >= 15 is 0 Å². The van der Waals surface area contributed by atoms with Crippen LogP contribution < -0.4 is 0 Å². The van der Waals surface area contributed by atoms with Crippen molar-refractivity contribution in [3.05, 3.63) is 12.2 Å². The van der Waals surface area contributed by atoms with Crippen molar-refractivity contribution in [3.8, 4) is 0 Å². The molecule has 1 atom stereocenters. The normalized spacial score (nSPS) is 15.0. The highest BCUT2D eigenvalue weighted by atomic mass is 16.5. The first-order chi connectivity index (χ1) is 5.52. The minimum atomic E-state index is 0.127. The van der Waals surface area contributed by atoms with Crippen molar-refractivity contribution in [2.45, 2.75) is 33.3 Å². The molecule has 1 unspecified atom stereocenters. The van der Waals surface area contributed by atoms with Crippen LogP contribution in [0.5, 0.6) is 0 Å². The summed E-state index contributed by atoms with van der Waals surface area (Å²) in [6, 6.07) is 0. The number of allylic oxidation sites excluding steroid dienone is 1. The Morgan fingerprint density at radius 1 is 1.42 bits per heavy atom. The molecule has 12 heavy (non-hydrogen) atoms. The van der Waals surface area contributed by atoms with Gasteiger partial charge in [0.1, 0.15) is 6.29 Å². The van der Waals surface area contributed by atoms with E-state index in [0.717, 1.165) is 12.7 Å². The van der Waals surface area contributed by atoms with E-state index in [1.165, 1.54) is 6.08 Å². The van der Waals surface area contributed by atoms with Crippen molar-refractivity contribution >= 4 is 6.29 Å². The quantitative estimate of drug-likeness (QED) is 0.477. The van der Waals surface area contributed by atoms with Gasteiger partial charge in [0, 0.05) is 7.11 Å². The molecule has 70 valence electrons. The number of methoxy groups -OCH3 is 1. The molecule has 0 aromatic heterocycles. The molecular formula is C10H18O2. The molecule has 0 aliphatic heterocycles. The number of hydrogen-bond acceptors (Lipinski definition) is 2. The Kier molecular flexibility index (Phi) is 4.83. The molecule has 0 aliphatic carbocycles. The molecule has 2 heteroatoms.